The summed E-state index contributed by atoms with van der Waals surface area (Å²) in [6.45, 7) is 0.812. The first-order chi connectivity index (χ1) is 10.2. The van der Waals surface area contributed by atoms with Crippen molar-refractivity contribution in [3.05, 3.63) is 58.6 Å². The maximum absolute atomic E-state index is 11.9. The molecule has 21 heavy (non-hydrogen) atoms. The molecule has 4 nitrogen and oxygen atoms in total. The summed E-state index contributed by atoms with van der Waals surface area (Å²) in [6.07, 6.45) is 0. The molecule has 0 saturated carbocycles. The van der Waals surface area contributed by atoms with Gasteiger partial charge >= 0.3 is 0 Å². The number of rotatable bonds is 6. The number of ether oxygens (including phenoxy) is 1. The predicted molar refractivity (Wildman–Crippen MR) is 87.5 cm³/mol. The zero-order chi connectivity index (χ0) is 15.1. The van der Waals surface area contributed by atoms with E-state index in [0.29, 0.717) is 6.54 Å². The van der Waals surface area contributed by atoms with Gasteiger partial charge in [0, 0.05) is 16.6 Å². The standard InChI is InChI=1S/C16H17BrN2O2/c1-21-15-9-5-2-6-12(15)10-18-11-16(20)19-14-8-4-3-7-13(14)17/h2-9,18H,10-11H2,1H3,(H,19,20). The van der Waals surface area contributed by atoms with Crippen LogP contribution in [0.15, 0.2) is 53.0 Å². The van der Waals surface area contributed by atoms with Crippen LogP contribution >= 0.6 is 15.9 Å². The van der Waals surface area contributed by atoms with Gasteiger partial charge in [-0.1, -0.05) is 30.3 Å². The maximum Gasteiger partial charge on any atom is 0.238 e. The van der Waals surface area contributed by atoms with Gasteiger partial charge in [-0.2, -0.15) is 0 Å². The smallest absolute Gasteiger partial charge is 0.238 e. The Balaban J connectivity index is 1.83. The molecule has 0 radical (unpaired) electrons. The van der Waals surface area contributed by atoms with Gasteiger partial charge in [-0.05, 0) is 34.1 Å². The predicted octanol–water partition coefficient (Wildman–Crippen LogP) is 3.19. The lowest BCUT2D eigenvalue weighted by Crippen LogP contribution is -2.27. The Morgan fingerprint density at radius 3 is 2.62 bits per heavy atom. The van der Waals surface area contributed by atoms with Crippen LogP contribution in [-0.2, 0) is 11.3 Å². The monoisotopic (exact) mass is 348 g/mol. The van der Waals surface area contributed by atoms with E-state index in [9.17, 15) is 4.79 Å². The molecule has 2 N–H and O–H groups in total. The van der Waals surface area contributed by atoms with E-state index >= 15 is 0 Å². The fraction of sp³-hybridized carbons (Fsp3) is 0.188. The molecule has 0 spiro atoms. The van der Waals surface area contributed by atoms with Crippen molar-refractivity contribution >= 4 is 27.5 Å². The van der Waals surface area contributed by atoms with Gasteiger partial charge in [0.15, 0.2) is 0 Å². The van der Waals surface area contributed by atoms with Crippen LogP contribution in [0.25, 0.3) is 0 Å². The van der Waals surface area contributed by atoms with Crippen molar-refractivity contribution in [1.82, 2.24) is 5.32 Å². The quantitative estimate of drug-likeness (QED) is 0.842. The van der Waals surface area contributed by atoms with Gasteiger partial charge in [-0.25, -0.2) is 0 Å². The van der Waals surface area contributed by atoms with Crippen LogP contribution in [-0.4, -0.2) is 19.6 Å². The van der Waals surface area contributed by atoms with Crippen LogP contribution in [0.5, 0.6) is 5.75 Å². The van der Waals surface area contributed by atoms with Crippen molar-refractivity contribution in [3.63, 3.8) is 0 Å². The van der Waals surface area contributed by atoms with Crippen LogP contribution < -0.4 is 15.4 Å². The van der Waals surface area contributed by atoms with Crippen LogP contribution in [0.4, 0.5) is 5.69 Å². The molecule has 5 heteroatoms. The summed E-state index contributed by atoms with van der Waals surface area (Å²) in [5.74, 6) is 0.730. The largest absolute Gasteiger partial charge is 0.496 e. The average Bonchev–Trinajstić information content (AvgIpc) is 2.50. The Kier molecular flexibility index (Phi) is 5.78. The highest BCUT2D eigenvalue weighted by Crippen LogP contribution is 2.21. The van der Waals surface area contributed by atoms with Crippen molar-refractivity contribution in [3.8, 4) is 5.75 Å². The molecular weight excluding hydrogens is 332 g/mol. The fourth-order valence-corrected chi connectivity index (χ4v) is 2.30. The van der Waals surface area contributed by atoms with Gasteiger partial charge in [0.25, 0.3) is 0 Å². The van der Waals surface area contributed by atoms with Gasteiger partial charge in [-0.15, -0.1) is 0 Å². The van der Waals surface area contributed by atoms with E-state index in [0.717, 1.165) is 21.5 Å². The summed E-state index contributed by atoms with van der Waals surface area (Å²) in [5, 5.41) is 5.95. The minimum absolute atomic E-state index is 0.0863. The maximum atomic E-state index is 11.9. The first kappa shape index (κ1) is 15.5. The summed E-state index contributed by atoms with van der Waals surface area (Å²) in [7, 11) is 1.64. The molecule has 0 aliphatic rings. The number of hydrogen-bond donors (Lipinski definition) is 2. The van der Waals surface area contributed by atoms with E-state index in [2.05, 4.69) is 26.6 Å². The molecule has 1 amide bonds. The van der Waals surface area contributed by atoms with Crippen LogP contribution in [0.2, 0.25) is 0 Å². The number of anilines is 1. The Labute approximate surface area is 132 Å². The summed E-state index contributed by atoms with van der Waals surface area (Å²) >= 11 is 3.40. The number of nitrogens with one attached hydrogen (secondary N) is 2. The van der Waals surface area contributed by atoms with E-state index < -0.39 is 0 Å². The van der Waals surface area contributed by atoms with Crippen molar-refractivity contribution < 1.29 is 9.53 Å². The second-order valence-corrected chi connectivity index (χ2v) is 5.30. The lowest BCUT2D eigenvalue weighted by molar-refractivity contribution is -0.115. The Morgan fingerprint density at radius 1 is 1.14 bits per heavy atom. The molecule has 0 aliphatic carbocycles. The Hall–Kier alpha value is -1.85. The van der Waals surface area contributed by atoms with E-state index in [-0.39, 0.29) is 12.5 Å². The molecule has 0 aromatic heterocycles. The number of carbonyl (C=O) groups excluding carboxylic acids is 1. The topological polar surface area (TPSA) is 50.4 Å². The third-order valence-electron chi connectivity index (χ3n) is 2.94. The zero-order valence-electron chi connectivity index (χ0n) is 11.7. The zero-order valence-corrected chi connectivity index (χ0v) is 13.3. The molecule has 0 aliphatic heterocycles. The van der Waals surface area contributed by atoms with Gasteiger partial charge in [-0.3, -0.25) is 4.79 Å². The normalized spacial score (nSPS) is 10.2. The number of amides is 1. The number of carbonyl (C=O) groups is 1. The summed E-state index contributed by atoms with van der Waals surface area (Å²) in [4.78, 5) is 11.9. The average molecular weight is 349 g/mol. The third kappa shape index (κ3) is 4.58. The molecule has 2 aromatic rings. The first-order valence-corrected chi connectivity index (χ1v) is 7.37. The third-order valence-corrected chi connectivity index (χ3v) is 3.63. The second kappa shape index (κ2) is 7.81. The Bertz CT molecular complexity index is 617. The highest BCUT2D eigenvalue weighted by molar-refractivity contribution is 9.10. The highest BCUT2D eigenvalue weighted by atomic mass is 79.9. The van der Waals surface area contributed by atoms with E-state index in [1.54, 1.807) is 7.11 Å². The van der Waals surface area contributed by atoms with Crippen molar-refractivity contribution in [2.45, 2.75) is 6.54 Å². The van der Waals surface area contributed by atoms with Crippen LogP contribution in [0.1, 0.15) is 5.56 Å². The summed E-state index contributed by atoms with van der Waals surface area (Å²) < 4.78 is 6.13. The number of para-hydroxylation sites is 2. The molecule has 0 unspecified atom stereocenters. The van der Waals surface area contributed by atoms with E-state index in [4.69, 9.17) is 4.74 Å². The Morgan fingerprint density at radius 2 is 1.86 bits per heavy atom. The second-order valence-electron chi connectivity index (χ2n) is 4.44. The number of hydrogen-bond acceptors (Lipinski definition) is 3. The van der Waals surface area contributed by atoms with Gasteiger partial charge in [0.2, 0.25) is 5.91 Å². The van der Waals surface area contributed by atoms with Crippen LogP contribution in [0.3, 0.4) is 0 Å². The molecule has 0 atom stereocenters. The first-order valence-electron chi connectivity index (χ1n) is 6.57. The fourth-order valence-electron chi connectivity index (χ4n) is 1.92. The van der Waals surface area contributed by atoms with Crippen LogP contribution in [0, 0.1) is 0 Å². The number of methoxy groups -OCH3 is 1. The van der Waals surface area contributed by atoms with Crippen molar-refractivity contribution in [2.24, 2.45) is 0 Å². The minimum atomic E-state index is -0.0863. The van der Waals surface area contributed by atoms with Gasteiger partial charge < -0.3 is 15.4 Å². The molecule has 2 rings (SSSR count). The highest BCUT2D eigenvalue weighted by Gasteiger charge is 2.06. The number of benzene rings is 2. The van der Waals surface area contributed by atoms with Crippen molar-refractivity contribution in [2.75, 3.05) is 19.0 Å². The molecule has 0 saturated heterocycles. The minimum Gasteiger partial charge on any atom is -0.496 e. The summed E-state index contributed by atoms with van der Waals surface area (Å²) in [6, 6.07) is 15.3. The molecule has 2 aromatic carbocycles. The molecular formula is C16H17BrN2O2. The van der Waals surface area contributed by atoms with E-state index in [1.807, 2.05) is 48.5 Å². The molecule has 110 valence electrons. The van der Waals surface area contributed by atoms with Crippen molar-refractivity contribution in [1.29, 1.82) is 0 Å². The molecule has 0 heterocycles. The van der Waals surface area contributed by atoms with Gasteiger partial charge in [0.1, 0.15) is 5.75 Å². The lowest BCUT2D eigenvalue weighted by Gasteiger charge is -2.10. The van der Waals surface area contributed by atoms with E-state index in [1.165, 1.54) is 0 Å². The van der Waals surface area contributed by atoms with Gasteiger partial charge in [0.05, 0.1) is 19.3 Å². The SMILES string of the molecule is COc1ccccc1CNCC(=O)Nc1ccccc1Br. The lowest BCUT2D eigenvalue weighted by atomic mass is 10.2. The number of halogens is 1. The summed E-state index contributed by atoms with van der Waals surface area (Å²) in [5.41, 5.74) is 1.79. The molecule has 0 fully saturated rings. The molecule has 0 bridgehead atoms.